The van der Waals surface area contributed by atoms with Crippen LogP contribution in [-0.4, -0.2) is 20.2 Å². The summed E-state index contributed by atoms with van der Waals surface area (Å²) in [6.45, 7) is 2.11. The predicted octanol–water partition coefficient (Wildman–Crippen LogP) is 3.87. The van der Waals surface area contributed by atoms with E-state index in [0.717, 1.165) is 34.1 Å². The van der Waals surface area contributed by atoms with Crippen molar-refractivity contribution in [2.75, 3.05) is 0 Å². The third kappa shape index (κ3) is 2.54. The van der Waals surface area contributed by atoms with Gasteiger partial charge in [-0.1, -0.05) is 19.4 Å². The molecule has 7 heteroatoms. The first-order chi connectivity index (χ1) is 9.78. The second-order valence-electron chi connectivity index (χ2n) is 4.18. The summed E-state index contributed by atoms with van der Waals surface area (Å²) in [5.74, 6) is 0.498. The molecule has 0 aromatic carbocycles. The van der Waals surface area contributed by atoms with Crippen molar-refractivity contribution < 1.29 is 4.42 Å². The van der Waals surface area contributed by atoms with Crippen LogP contribution in [0.25, 0.3) is 21.5 Å². The summed E-state index contributed by atoms with van der Waals surface area (Å²) < 4.78 is 5.40. The molecular formula is C13H12N4OS2. The minimum Gasteiger partial charge on any atom is -0.408 e. The first kappa shape index (κ1) is 13.1. The largest absolute Gasteiger partial charge is 0.408 e. The second kappa shape index (κ2) is 5.64. The second-order valence-corrected chi connectivity index (χ2v) is 5.55. The molecule has 0 aliphatic rings. The molecule has 0 fully saturated rings. The van der Waals surface area contributed by atoms with Crippen LogP contribution >= 0.6 is 23.6 Å². The summed E-state index contributed by atoms with van der Waals surface area (Å²) in [5, 5.41) is 7.61. The number of hydrogen-bond acceptors (Lipinski definition) is 6. The SMILES string of the molecule is CCCc1nc(-c2ccccn2)sc1-c1n[nH]c(=S)o1. The molecule has 0 spiro atoms. The average Bonchev–Trinajstić information content (AvgIpc) is 3.07. The monoisotopic (exact) mass is 304 g/mol. The van der Waals surface area contributed by atoms with Crippen molar-refractivity contribution in [3.05, 3.63) is 34.9 Å². The quantitative estimate of drug-likeness (QED) is 0.741. The molecule has 5 nitrogen and oxygen atoms in total. The van der Waals surface area contributed by atoms with Crippen LogP contribution in [0.15, 0.2) is 28.8 Å². The molecule has 102 valence electrons. The van der Waals surface area contributed by atoms with Crippen molar-refractivity contribution in [3.63, 3.8) is 0 Å². The van der Waals surface area contributed by atoms with Crippen molar-refractivity contribution in [2.45, 2.75) is 19.8 Å². The van der Waals surface area contributed by atoms with Gasteiger partial charge in [-0.15, -0.1) is 16.4 Å². The van der Waals surface area contributed by atoms with Crippen LogP contribution in [0.1, 0.15) is 19.0 Å². The number of aromatic nitrogens is 4. The van der Waals surface area contributed by atoms with Crippen molar-refractivity contribution >= 4 is 23.6 Å². The molecular weight excluding hydrogens is 292 g/mol. The highest BCUT2D eigenvalue weighted by atomic mass is 32.1. The molecule has 0 aliphatic carbocycles. The highest BCUT2D eigenvalue weighted by Crippen LogP contribution is 2.34. The number of aromatic amines is 1. The summed E-state index contributed by atoms with van der Waals surface area (Å²) in [6, 6.07) is 5.78. The van der Waals surface area contributed by atoms with E-state index in [2.05, 4.69) is 27.1 Å². The molecule has 0 saturated carbocycles. The summed E-state index contributed by atoms with van der Waals surface area (Å²) in [5.41, 5.74) is 1.83. The summed E-state index contributed by atoms with van der Waals surface area (Å²) in [7, 11) is 0. The lowest BCUT2D eigenvalue weighted by Gasteiger charge is -1.94. The van der Waals surface area contributed by atoms with E-state index in [-0.39, 0.29) is 4.84 Å². The number of nitrogens with zero attached hydrogens (tertiary/aromatic N) is 3. The first-order valence-corrected chi connectivity index (χ1v) is 7.47. The zero-order valence-corrected chi connectivity index (χ0v) is 12.4. The molecule has 0 atom stereocenters. The number of pyridine rings is 1. The molecule has 0 amide bonds. The van der Waals surface area contributed by atoms with Gasteiger partial charge in [0.25, 0.3) is 10.7 Å². The maximum atomic E-state index is 5.40. The number of thiazole rings is 1. The molecule has 0 bridgehead atoms. The Labute approximate surface area is 124 Å². The number of hydrogen-bond donors (Lipinski definition) is 1. The Morgan fingerprint density at radius 1 is 1.40 bits per heavy atom. The number of H-pyrrole nitrogens is 1. The first-order valence-electron chi connectivity index (χ1n) is 6.25. The molecule has 0 radical (unpaired) electrons. The fourth-order valence-electron chi connectivity index (χ4n) is 1.85. The summed E-state index contributed by atoms with van der Waals surface area (Å²) in [4.78, 5) is 10.2. The minimum absolute atomic E-state index is 0.273. The Morgan fingerprint density at radius 3 is 2.95 bits per heavy atom. The van der Waals surface area contributed by atoms with Gasteiger partial charge in [0, 0.05) is 6.20 Å². The van der Waals surface area contributed by atoms with Gasteiger partial charge in [0.1, 0.15) is 9.88 Å². The summed E-state index contributed by atoms with van der Waals surface area (Å²) in [6.07, 6.45) is 3.63. The molecule has 1 N–H and O–H groups in total. The molecule has 0 saturated heterocycles. The van der Waals surface area contributed by atoms with Crippen LogP contribution in [0, 0.1) is 4.84 Å². The van der Waals surface area contributed by atoms with Gasteiger partial charge in [0.15, 0.2) is 0 Å². The molecule has 3 heterocycles. The van der Waals surface area contributed by atoms with Gasteiger partial charge in [-0.2, -0.15) is 0 Å². The normalized spacial score (nSPS) is 10.8. The lowest BCUT2D eigenvalue weighted by Crippen LogP contribution is -1.88. The standard InChI is InChI=1S/C13H12N4OS2/c1-2-5-8-10(11-16-17-13(19)18-11)20-12(15-8)9-6-3-4-7-14-9/h3-4,6-7H,2,5H2,1H3,(H,17,19). The predicted molar refractivity (Wildman–Crippen MR) is 80.0 cm³/mol. The minimum atomic E-state index is 0.273. The van der Waals surface area contributed by atoms with Crippen LogP contribution in [0.5, 0.6) is 0 Å². The molecule has 0 unspecified atom stereocenters. The highest BCUT2D eigenvalue weighted by molar-refractivity contribution is 7.71. The Balaban J connectivity index is 2.09. The van der Waals surface area contributed by atoms with E-state index in [0.29, 0.717) is 5.89 Å². The van der Waals surface area contributed by atoms with Gasteiger partial charge in [-0.05, 0) is 30.8 Å². The van der Waals surface area contributed by atoms with E-state index in [1.165, 1.54) is 11.3 Å². The lowest BCUT2D eigenvalue weighted by molar-refractivity contribution is 0.552. The van der Waals surface area contributed by atoms with E-state index >= 15 is 0 Å². The van der Waals surface area contributed by atoms with E-state index < -0.39 is 0 Å². The van der Waals surface area contributed by atoms with Crippen LogP contribution < -0.4 is 0 Å². The van der Waals surface area contributed by atoms with E-state index in [1.807, 2.05) is 18.2 Å². The van der Waals surface area contributed by atoms with E-state index in [9.17, 15) is 0 Å². The van der Waals surface area contributed by atoms with Crippen molar-refractivity contribution in [2.24, 2.45) is 0 Å². The number of rotatable bonds is 4. The highest BCUT2D eigenvalue weighted by Gasteiger charge is 2.17. The van der Waals surface area contributed by atoms with E-state index in [1.54, 1.807) is 6.20 Å². The molecule has 3 rings (SSSR count). The third-order valence-electron chi connectivity index (χ3n) is 2.70. The van der Waals surface area contributed by atoms with Crippen molar-refractivity contribution in [1.29, 1.82) is 0 Å². The maximum Gasteiger partial charge on any atom is 0.284 e. The Kier molecular flexibility index (Phi) is 3.70. The van der Waals surface area contributed by atoms with Gasteiger partial charge >= 0.3 is 0 Å². The topological polar surface area (TPSA) is 67.6 Å². The van der Waals surface area contributed by atoms with Gasteiger partial charge in [0.2, 0.25) is 0 Å². The molecule has 20 heavy (non-hydrogen) atoms. The van der Waals surface area contributed by atoms with Crippen LogP contribution in [0.3, 0.4) is 0 Å². The molecule has 3 aromatic rings. The van der Waals surface area contributed by atoms with E-state index in [4.69, 9.17) is 16.6 Å². The average molecular weight is 304 g/mol. The zero-order chi connectivity index (χ0) is 13.9. The smallest absolute Gasteiger partial charge is 0.284 e. The number of nitrogens with one attached hydrogen (secondary N) is 1. The summed E-state index contributed by atoms with van der Waals surface area (Å²) >= 11 is 6.45. The Bertz CT molecular complexity index is 760. The lowest BCUT2D eigenvalue weighted by atomic mass is 10.2. The van der Waals surface area contributed by atoms with Crippen LogP contribution in [0.4, 0.5) is 0 Å². The molecule has 0 aliphatic heterocycles. The van der Waals surface area contributed by atoms with Crippen LogP contribution in [-0.2, 0) is 6.42 Å². The fraction of sp³-hybridized carbons (Fsp3) is 0.231. The van der Waals surface area contributed by atoms with Gasteiger partial charge in [-0.25, -0.2) is 10.1 Å². The Morgan fingerprint density at radius 2 is 2.30 bits per heavy atom. The third-order valence-corrected chi connectivity index (χ3v) is 3.98. The van der Waals surface area contributed by atoms with Crippen molar-refractivity contribution in [3.8, 4) is 21.5 Å². The van der Waals surface area contributed by atoms with Gasteiger partial charge < -0.3 is 4.42 Å². The molecule has 3 aromatic heterocycles. The van der Waals surface area contributed by atoms with Crippen LogP contribution in [0.2, 0.25) is 0 Å². The van der Waals surface area contributed by atoms with Gasteiger partial charge in [0.05, 0.1) is 11.4 Å². The van der Waals surface area contributed by atoms with Crippen molar-refractivity contribution in [1.82, 2.24) is 20.2 Å². The number of aryl methyl sites for hydroxylation is 1. The fourth-order valence-corrected chi connectivity index (χ4v) is 2.99. The Hall–Kier alpha value is -1.86. The zero-order valence-electron chi connectivity index (χ0n) is 10.8. The van der Waals surface area contributed by atoms with Gasteiger partial charge in [-0.3, -0.25) is 4.98 Å². The maximum absolute atomic E-state index is 5.40.